The fraction of sp³-hybridized carbons (Fsp3) is 0.462. The smallest absolute Gasteiger partial charge is 0.325 e. The summed E-state index contributed by atoms with van der Waals surface area (Å²) in [6.45, 7) is 3.13. The Morgan fingerprint density at radius 1 is 1.60 bits per heavy atom. The number of nitrogens with two attached hydrogens (primary N) is 1. The van der Waals surface area contributed by atoms with Gasteiger partial charge in [-0.1, -0.05) is 0 Å². The third-order valence-electron chi connectivity index (χ3n) is 3.41. The molecule has 7 nitrogen and oxygen atoms in total. The number of hydrogen-bond acceptors (Lipinski definition) is 5. The molecular formula is C13H18N4O3. The van der Waals surface area contributed by atoms with E-state index in [2.05, 4.69) is 10.3 Å². The highest BCUT2D eigenvalue weighted by Gasteiger charge is 2.41. The summed E-state index contributed by atoms with van der Waals surface area (Å²) >= 11 is 0. The SMILES string of the molecule is CCNC(=O)c1cc(N2CCC(N)(C(=O)O)C2)ccn1. The van der Waals surface area contributed by atoms with Crippen LogP contribution in [0.1, 0.15) is 23.8 Å². The molecule has 1 aromatic heterocycles. The molecule has 7 heteroatoms. The molecule has 4 N–H and O–H groups in total. The summed E-state index contributed by atoms with van der Waals surface area (Å²) in [4.78, 5) is 28.7. The van der Waals surface area contributed by atoms with Gasteiger partial charge in [0.15, 0.2) is 0 Å². The van der Waals surface area contributed by atoms with Gasteiger partial charge in [0, 0.05) is 31.5 Å². The molecule has 1 fully saturated rings. The third-order valence-corrected chi connectivity index (χ3v) is 3.41. The maximum Gasteiger partial charge on any atom is 0.325 e. The first kappa shape index (κ1) is 14.3. The van der Waals surface area contributed by atoms with E-state index < -0.39 is 11.5 Å². The second-order valence-corrected chi connectivity index (χ2v) is 4.89. The lowest BCUT2D eigenvalue weighted by Gasteiger charge is -2.21. The van der Waals surface area contributed by atoms with Crippen molar-refractivity contribution < 1.29 is 14.7 Å². The van der Waals surface area contributed by atoms with E-state index in [1.807, 2.05) is 11.8 Å². The molecule has 0 aromatic carbocycles. The molecule has 1 unspecified atom stereocenters. The van der Waals surface area contributed by atoms with E-state index in [1.165, 1.54) is 6.20 Å². The lowest BCUT2D eigenvalue weighted by atomic mass is 10.0. The van der Waals surface area contributed by atoms with Crippen molar-refractivity contribution in [1.82, 2.24) is 10.3 Å². The largest absolute Gasteiger partial charge is 0.480 e. The van der Waals surface area contributed by atoms with Crippen molar-refractivity contribution in [2.24, 2.45) is 5.73 Å². The van der Waals surface area contributed by atoms with Gasteiger partial charge in [-0.05, 0) is 25.5 Å². The first-order valence-corrected chi connectivity index (χ1v) is 6.48. The van der Waals surface area contributed by atoms with Crippen LogP contribution in [0.25, 0.3) is 0 Å². The standard InChI is InChI=1S/C13H18N4O3/c1-2-15-11(18)10-7-9(3-5-16-10)17-6-4-13(14,8-17)12(19)20/h3,5,7H,2,4,6,8,14H2,1H3,(H,15,18)(H,19,20). The first-order valence-electron chi connectivity index (χ1n) is 6.48. The van der Waals surface area contributed by atoms with Crippen LogP contribution in [0.3, 0.4) is 0 Å². The van der Waals surface area contributed by atoms with Crippen molar-refractivity contribution in [2.45, 2.75) is 18.9 Å². The Balaban J connectivity index is 2.17. The van der Waals surface area contributed by atoms with Crippen LogP contribution >= 0.6 is 0 Å². The molecule has 0 saturated carbocycles. The molecule has 1 aliphatic heterocycles. The molecule has 1 aromatic rings. The Morgan fingerprint density at radius 3 is 2.95 bits per heavy atom. The number of carbonyl (C=O) groups excluding carboxylic acids is 1. The minimum atomic E-state index is -1.23. The van der Waals surface area contributed by atoms with Crippen molar-refractivity contribution >= 4 is 17.6 Å². The summed E-state index contributed by atoms with van der Waals surface area (Å²) in [5, 5.41) is 11.8. The average molecular weight is 278 g/mol. The van der Waals surface area contributed by atoms with Gasteiger partial charge in [0.2, 0.25) is 0 Å². The number of aromatic nitrogens is 1. The number of hydrogen-bond donors (Lipinski definition) is 3. The zero-order valence-corrected chi connectivity index (χ0v) is 11.3. The number of nitrogens with one attached hydrogen (secondary N) is 1. The molecule has 0 aliphatic carbocycles. The molecule has 0 spiro atoms. The molecule has 20 heavy (non-hydrogen) atoms. The molecule has 2 rings (SSSR count). The summed E-state index contributed by atoms with van der Waals surface area (Å²) in [6, 6.07) is 3.40. The Hall–Kier alpha value is -2.15. The zero-order valence-electron chi connectivity index (χ0n) is 11.3. The number of pyridine rings is 1. The average Bonchev–Trinajstić information content (AvgIpc) is 2.83. The van der Waals surface area contributed by atoms with Gasteiger partial charge in [-0.15, -0.1) is 0 Å². The van der Waals surface area contributed by atoms with Crippen LogP contribution in [-0.2, 0) is 4.79 Å². The molecule has 0 bridgehead atoms. The Kier molecular flexibility index (Phi) is 3.89. The normalized spacial score (nSPS) is 21.8. The maximum absolute atomic E-state index is 11.7. The highest BCUT2D eigenvalue weighted by Crippen LogP contribution is 2.25. The van der Waals surface area contributed by atoms with Crippen molar-refractivity contribution in [1.29, 1.82) is 0 Å². The van der Waals surface area contributed by atoms with Crippen LogP contribution in [0.5, 0.6) is 0 Å². The van der Waals surface area contributed by atoms with Crippen LogP contribution in [0.2, 0.25) is 0 Å². The number of nitrogens with zero attached hydrogens (tertiary/aromatic N) is 2. The molecule has 0 radical (unpaired) electrons. The summed E-state index contributed by atoms with van der Waals surface area (Å²) < 4.78 is 0. The fourth-order valence-electron chi connectivity index (χ4n) is 2.22. The zero-order chi connectivity index (χ0) is 14.8. The molecule has 1 aliphatic rings. The van der Waals surface area contributed by atoms with Crippen molar-refractivity contribution in [3.05, 3.63) is 24.0 Å². The second kappa shape index (κ2) is 5.46. The van der Waals surface area contributed by atoms with E-state index in [0.717, 1.165) is 5.69 Å². The van der Waals surface area contributed by atoms with Crippen molar-refractivity contribution in [3.63, 3.8) is 0 Å². The number of carboxylic acids is 1. The van der Waals surface area contributed by atoms with E-state index in [4.69, 9.17) is 10.8 Å². The predicted octanol–water partition coefficient (Wildman–Crippen LogP) is -0.176. The van der Waals surface area contributed by atoms with E-state index in [-0.39, 0.29) is 12.5 Å². The van der Waals surface area contributed by atoms with Gasteiger partial charge in [0.25, 0.3) is 5.91 Å². The molecule has 2 heterocycles. The molecule has 108 valence electrons. The van der Waals surface area contributed by atoms with Gasteiger partial charge in [0.05, 0.1) is 0 Å². The third kappa shape index (κ3) is 2.72. The van der Waals surface area contributed by atoms with Crippen LogP contribution in [0, 0.1) is 0 Å². The Morgan fingerprint density at radius 2 is 2.35 bits per heavy atom. The van der Waals surface area contributed by atoms with Crippen molar-refractivity contribution in [3.8, 4) is 0 Å². The number of rotatable bonds is 4. The predicted molar refractivity (Wildman–Crippen MR) is 73.6 cm³/mol. The van der Waals surface area contributed by atoms with Crippen molar-refractivity contribution in [2.75, 3.05) is 24.5 Å². The minimum Gasteiger partial charge on any atom is -0.480 e. The molecule has 1 saturated heterocycles. The van der Waals surface area contributed by atoms with E-state index >= 15 is 0 Å². The van der Waals surface area contributed by atoms with E-state index in [0.29, 0.717) is 25.2 Å². The number of anilines is 1. The topological polar surface area (TPSA) is 109 Å². The fourth-order valence-corrected chi connectivity index (χ4v) is 2.22. The van der Waals surface area contributed by atoms with E-state index in [1.54, 1.807) is 12.1 Å². The minimum absolute atomic E-state index is 0.223. The Labute approximate surface area is 116 Å². The summed E-state index contributed by atoms with van der Waals surface area (Å²) in [5.74, 6) is -1.25. The number of amides is 1. The quantitative estimate of drug-likeness (QED) is 0.705. The van der Waals surface area contributed by atoms with Crippen LogP contribution in [0.4, 0.5) is 5.69 Å². The van der Waals surface area contributed by atoms with Gasteiger partial charge in [-0.2, -0.15) is 0 Å². The molecule has 1 atom stereocenters. The molecule has 1 amide bonds. The lowest BCUT2D eigenvalue weighted by Crippen LogP contribution is -2.50. The van der Waals surface area contributed by atoms with E-state index in [9.17, 15) is 9.59 Å². The monoisotopic (exact) mass is 278 g/mol. The number of carboxylic acid groups (broad SMARTS) is 1. The lowest BCUT2D eigenvalue weighted by molar-refractivity contribution is -0.142. The van der Waals surface area contributed by atoms with Gasteiger partial charge in [-0.25, -0.2) is 0 Å². The van der Waals surface area contributed by atoms with Crippen LogP contribution in [-0.4, -0.2) is 47.1 Å². The first-order chi connectivity index (χ1) is 9.46. The van der Waals surface area contributed by atoms with Crippen LogP contribution in [0.15, 0.2) is 18.3 Å². The van der Waals surface area contributed by atoms with Gasteiger partial charge in [-0.3, -0.25) is 14.6 Å². The summed E-state index contributed by atoms with van der Waals surface area (Å²) in [7, 11) is 0. The number of carbonyl (C=O) groups is 2. The van der Waals surface area contributed by atoms with Gasteiger partial charge < -0.3 is 21.1 Å². The maximum atomic E-state index is 11.7. The summed E-state index contributed by atoms with van der Waals surface area (Å²) in [6.07, 6.45) is 1.92. The van der Waals surface area contributed by atoms with Gasteiger partial charge >= 0.3 is 5.97 Å². The number of aliphatic carboxylic acids is 1. The Bertz CT molecular complexity index is 534. The second-order valence-electron chi connectivity index (χ2n) is 4.89. The summed E-state index contributed by atoms with van der Waals surface area (Å²) in [5.41, 5.74) is 5.69. The van der Waals surface area contributed by atoms with Gasteiger partial charge in [0.1, 0.15) is 11.2 Å². The highest BCUT2D eigenvalue weighted by atomic mass is 16.4. The van der Waals surface area contributed by atoms with Crippen LogP contribution < -0.4 is 16.0 Å². The molecular weight excluding hydrogens is 260 g/mol. The highest BCUT2D eigenvalue weighted by molar-refractivity contribution is 5.93.